The van der Waals surface area contributed by atoms with Gasteiger partial charge in [-0.25, -0.2) is 0 Å². The lowest BCUT2D eigenvalue weighted by atomic mass is 10.1. The van der Waals surface area contributed by atoms with Gasteiger partial charge in [0.05, 0.1) is 13.2 Å². The Morgan fingerprint density at radius 1 is 1.58 bits per heavy atom. The van der Waals surface area contributed by atoms with Crippen LogP contribution in [0.2, 0.25) is 0 Å². The minimum atomic E-state index is -0.340. The number of benzene rings is 1. The lowest BCUT2D eigenvalue weighted by Crippen LogP contribution is -2.53. The van der Waals surface area contributed by atoms with Gasteiger partial charge in [-0.3, -0.25) is 9.59 Å². The lowest BCUT2D eigenvalue weighted by molar-refractivity contribution is -0.124. The Balaban J connectivity index is 2.29. The van der Waals surface area contributed by atoms with Crippen molar-refractivity contribution in [1.29, 1.82) is 0 Å². The molecule has 6 heteroatoms. The Morgan fingerprint density at radius 2 is 2.37 bits per heavy atom. The smallest absolute Gasteiger partial charge is 0.244 e. The zero-order chi connectivity index (χ0) is 13.8. The molecule has 0 saturated carbocycles. The maximum Gasteiger partial charge on any atom is 0.244 e. The SMILES string of the molecule is CNC(=O)C1COCCN1c1ccc(C=O)c(Br)c1. The normalized spacial score (nSPS) is 19.1. The summed E-state index contributed by atoms with van der Waals surface area (Å²) in [5, 5.41) is 2.64. The summed E-state index contributed by atoms with van der Waals surface area (Å²) in [6.07, 6.45) is 0.795. The summed E-state index contributed by atoms with van der Waals surface area (Å²) in [5.74, 6) is -0.0738. The topological polar surface area (TPSA) is 58.6 Å². The molecule has 1 aromatic rings. The summed E-state index contributed by atoms with van der Waals surface area (Å²) in [6.45, 7) is 1.60. The highest BCUT2D eigenvalue weighted by Crippen LogP contribution is 2.26. The average molecular weight is 327 g/mol. The van der Waals surface area contributed by atoms with E-state index in [1.165, 1.54) is 0 Å². The molecule has 1 heterocycles. The Kier molecular flexibility index (Phi) is 4.55. The molecule has 1 atom stereocenters. The van der Waals surface area contributed by atoms with E-state index in [2.05, 4.69) is 21.2 Å². The van der Waals surface area contributed by atoms with Crippen LogP contribution in [-0.4, -0.2) is 45.0 Å². The molecule has 0 radical (unpaired) electrons. The quantitative estimate of drug-likeness (QED) is 0.848. The molecule has 1 aliphatic rings. The van der Waals surface area contributed by atoms with Crippen molar-refractivity contribution in [3.63, 3.8) is 0 Å². The zero-order valence-electron chi connectivity index (χ0n) is 10.6. The molecule has 5 nitrogen and oxygen atoms in total. The fourth-order valence-electron chi connectivity index (χ4n) is 2.09. The van der Waals surface area contributed by atoms with Crippen LogP contribution in [0.3, 0.4) is 0 Å². The van der Waals surface area contributed by atoms with Crippen LogP contribution in [0.25, 0.3) is 0 Å². The predicted octanol–water partition coefficient (Wildman–Crippen LogP) is 1.21. The van der Waals surface area contributed by atoms with Crippen molar-refractivity contribution in [1.82, 2.24) is 5.32 Å². The van der Waals surface area contributed by atoms with Gasteiger partial charge >= 0.3 is 0 Å². The summed E-state index contributed by atoms with van der Waals surface area (Å²) in [5.41, 5.74) is 1.49. The molecular formula is C13H15BrN2O3. The summed E-state index contributed by atoms with van der Waals surface area (Å²) >= 11 is 3.36. The number of hydrogen-bond acceptors (Lipinski definition) is 4. The van der Waals surface area contributed by atoms with Crippen molar-refractivity contribution in [2.45, 2.75) is 6.04 Å². The highest BCUT2D eigenvalue weighted by Gasteiger charge is 2.29. The zero-order valence-corrected chi connectivity index (χ0v) is 12.1. The van der Waals surface area contributed by atoms with E-state index in [0.29, 0.717) is 25.3 Å². The molecule has 1 N–H and O–H groups in total. The second-order valence-corrected chi connectivity index (χ2v) is 5.08. The van der Waals surface area contributed by atoms with E-state index < -0.39 is 0 Å². The van der Waals surface area contributed by atoms with Gasteiger partial charge in [-0.1, -0.05) is 0 Å². The number of nitrogens with one attached hydrogen (secondary N) is 1. The van der Waals surface area contributed by atoms with Crippen LogP contribution in [-0.2, 0) is 9.53 Å². The van der Waals surface area contributed by atoms with Gasteiger partial charge in [0.15, 0.2) is 6.29 Å². The molecule has 1 fully saturated rings. The van der Waals surface area contributed by atoms with Gasteiger partial charge in [-0.2, -0.15) is 0 Å². The number of aldehydes is 1. The molecule has 1 unspecified atom stereocenters. The van der Waals surface area contributed by atoms with Crippen LogP contribution in [0, 0.1) is 0 Å². The van der Waals surface area contributed by atoms with Gasteiger partial charge in [0.2, 0.25) is 5.91 Å². The second-order valence-electron chi connectivity index (χ2n) is 4.22. The van der Waals surface area contributed by atoms with Crippen LogP contribution < -0.4 is 10.2 Å². The molecule has 0 bridgehead atoms. The van der Waals surface area contributed by atoms with Gasteiger partial charge in [-0.05, 0) is 34.1 Å². The number of carbonyl (C=O) groups is 2. The third-order valence-electron chi connectivity index (χ3n) is 3.12. The van der Waals surface area contributed by atoms with E-state index >= 15 is 0 Å². The maximum atomic E-state index is 11.9. The number of hydrogen-bond donors (Lipinski definition) is 1. The molecule has 0 aromatic heterocycles. The fraction of sp³-hybridized carbons (Fsp3) is 0.385. The first kappa shape index (κ1) is 14.0. The lowest BCUT2D eigenvalue weighted by Gasteiger charge is -2.36. The van der Waals surface area contributed by atoms with Crippen molar-refractivity contribution in [3.05, 3.63) is 28.2 Å². The highest BCUT2D eigenvalue weighted by molar-refractivity contribution is 9.10. The number of anilines is 1. The number of carbonyl (C=O) groups excluding carboxylic acids is 2. The summed E-state index contributed by atoms with van der Waals surface area (Å²) < 4.78 is 6.09. The number of nitrogens with zero attached hydrogens (tertiary/aromatic N) is 1. The minimum Gasteiger partial charge on any atom is -0.377 e. The number of amides is 1. The number of ether oxygens (including phenoxy) is 1. The molecule has 1 amide bonds. The Bertz CT molecular complexity index is 493. The van der Waals surface area contributed by atoms with Crippen LogP contribution >= 0.6 is 15.9 Å². The van der Waals surface area contributed by atoms with Crippen molar-refractivity contribution in [2.75, 3.05) is 31.7 Å². The van der Waals surface area contributed by atoms with Gasteiger partial charge in [0.25, 0.3) is 0 Å². The number of halogens is 1. The van der Waals surface area contributed by atoms with Crippen molar-refractivity contribution in [2.24, 2.45) is 0 Å². The Morgan fingerprint density at radius 3 is 3.00 bits per heavy atom. The average Bonchev–Trinajstić information content (AvgIpc) is 2.46. The van der Waals surface area contributed by atoms with Crippen molar-refractivity contribution in [3.8, 4) is 0 Å². The van der Waals surface area contributed by atoms with Crippen LogP contribution in [0.5, 0.6) is 0 Å². The van der Waals surface area contributed by atoms with E-state index in [9.17, 15) is 9.59 Å². The van der Waals surface area contributed by atoms with Gasteiger partial charge in [-0.15, -0.1) is 0 Å². The second kappa shape index (κ2) is 6.16. The first-order valence-corrected chi connectivity index (χ1v) is 6.77. The molecule has 2 rings (SSSR count). The minimum absolute atomic E-state index is 0.0738. The summed E-state index contributed by atoms with van der Waals surface area (Å²) in [7, 11) is 1.61. The van der Waals surface area contributed by atoms with Crippen molar-refractivity contribution >= 4 is 33.8 Å². The number of likely N-dealkylation sites (N-methyl/N-ethyl adjacent to an activating group) is 1. The van der Waals surface area contributed by atoms with E-state index in [1.54, 1.807) is 13.1 Å². The van der Waals surface area contributed by atoms with Gasteiger partial charge < -0.3 is 15.0 Å². The number of rotatable bonds is 3. The van der Waals surface area contributed by atoms with E-state index in [-0.39, 0.29) is 11.9 Å². The Labute approximate surface area is 120 Å². The first-order valence-electron chi connectivity index (χ1n) is 5.98. The van der Waals surface area contributed by atoms with Crippen LogP contribution in [0.1, 0.15) is 10.4 Å². The maximum absolute atomic E-state index is 11.9. The van der Waals surface area contributed by atoms with Crippen LogP contribution in [0.15, 0.2) is 22.7 Å². The summed E-state index contributed by atoms with van der Waals surface area (Å²) in [4.78, 5) is 24.7. The van der Waals surface area contributed by atoms with Crippen LogP contribution in [0.4, 0.5) is 5.69 Å². The van der Waals surface area contributed by atoms with E-state index in [4.69, 9.17) is 4.74 Å². The molecule has 0 aliphatic carbocycles. The van der Waals surface area contributed by atoms with Gasteiger partial charge in [0, 0.05) is 29.3 Å². The largest absolute Gasteiger partial charge is 0.377 e. The summed E-state index contributed by atoms with van der Waals surface area (Å²) in [6, 6.07) is 5.09. The predicted molar refractivity (Wildman–Crippen MR) is 75.5 cm³/mol. The monoisotopic (exact) mass is 326 g/mol. The molecule has 102 valence electrons. The Hall–Kier alpha value is -1.40. The van der Waals surface area contributed by atoms with E-state index in [0.717, 1.165) is 16.4 Å². The first-order chi connectivity index (χ1) is 9.17. The standard InChI is InChI=1S/C13H15BrN2O3/c1-15-13(18)12-8-19-5-4-16(12)10-3-2-9(7-17)11(14)6-10/h2-3,6-7,12H,4-5,8H2,1H3,(H,15,18). The third kappa shape index (κ3) is 2.96. The molecule has 19 heavy (non-hydrogen) atoms. The third-order valence-corrected chi connectivity index (χ3v) is 3.81. The van der Waals surface area contributed by atoms with E-state index in [1.807, 2.05) is 17.0 Å². The molecule has 1 saturated heterocycles. The molecular weight excluding hydrogens is 312 g/mol. The van der Waals surface area contributed by atoms with Gasteiger partial charge in [0.1, 0.15) is 6.04 Å². The number of morpholine rings is 1. The fourth-order valence-corrected chi connectivity index (χ4v) is 2.55. The molecule has 0 spiro atoms. The molecule has 1 aromatic carbocycles. The molecule has 1 aliphatic heterocycles. The highest BCUT2D eigenvalue weighted by atomic mass is 79.9. The van der Waals surface area contributed by atoms with Crippen molar-refractivity contribution < 1.29 is 14.3 Å².